The van der Waals surface area contributed by atoms with Gasteiger partial charge in [0, 0.05) is 19.3 Å². The molecule has 17 heavy (non-hydrogen) atoms. The van der Waals surface area contributed by atoms with Gasteiger partial charge in [0.05, 0.1) is 5.75 Å². The SMILES string of the molecule is O=P([O-])(CCCN1CCCS1(=O)=O)O[S-].[Na+].[Na+]. The van der Waals surface area contributed by atoms with E-state index in [9.17, 15) is 17.9 Å². The third-order valence-electron chi connectivity index (χ3n) is 2.16. The summed E-state index contributed by atoms with van der Waals surface area (Å²) in [6.45, 7) is 0.688. The van der Waals surface area contributed by atoms with Crippen LogP contribution in [0.1, 0.15) is 12.8 Å². The first kappa shape index (κ1) is 21.7. The molecule has 0 aromatic carbocycles. The Morgan fingerprint density at radius 2 is 2.00 bits per heavy atom. The van der Waals surface area contributed by atoms with Gasteiger partial charge >= 0.3 is 59.1 Å². The van der Waals surface area contributed by atoms with E-state index in [1.807, 2.05) is 0 Å². The van der Waals surface area contributed by atoms with Crippen LogP contribution in [-0.2, 0) is 31.5 Å². The fourth-order valence-electron chi connectivity index (χ4n) is 1.42. The summed E-state index contributed by atoms with van der Waals surface area (Å²) >= 11 is 3.97. The zero-order valence-electron chi connectivity index (χ0n) is 9.99. The van der Waals surface area contributed by atoms with Crippen LogP contribution >= 0.6 is 7.60 Å². The Bertz CT molecular complexity index is 365. The van der Waals surface area contributed by atoms with Crippen LogP contribution in [0.5, 0.6) is 0 Å². The Kier molecular flexibility index (Phi) is 12.0. The van der Waals surface area contributed by atoms with Gasteiger partial charge in [-0.3, -0.25) is 0 Å². The summed E-state index contributed by atoms with van der Waals surface area (Å²) in [6.07, 6.45) is 0.605. The standard InChI is InChI=1S/C6H14NO5PS2.2Na/c8-13(9,12-14)5-1-3-7-4-2-6-15(7,10)11;;/h14H,1-6H2,(H,8,9);;/q;2*+1/p-2. The molecule has 90 valence electrons. The second-order valence-electron chi connectivity index (χ2n) is 3.33. The summed E-state index contributed by atoms with van der Waals surface area (Å²) in [5.74, 6) is 0.152. The summed E-state index contributed by atoms with van der Waals surface area (Å²) in [5.41, 5.74) is 0. The molecule has 1 aliphatic rings. The molecule has 0 amide bonds. The molecule has 0 saturated carbocycles. The zero-order chi connectivity index (χ0) is 11.5. The third kappa shape index (κ3) is 7.68. The van der Waals surface area contributed by atoms with Crippen molar-refractivity contribution in [1.29, 1.82) is 0 Å². The minimum atomic E-state index is -3.93. The predicted molar refractivity (Wildman–Crippen MR) is 55.5 cm³/mol. The van der Waals surface area contributed by atoms with Gasteiger partial charge in [-0.05, 0) is 12.8 Å². The number of sulfonamides is 1. The third-order valence-corrected chi connectivity index (χ3v) is 5.89. The molecule has 1 heterocycles. The van der Waals surface area contributed by atoms with Gasteiger partial charge in [0.2, 0.25) is 10.0 Å². The normalized spacial score (nSPS) is 22.2. The van der Waals surface area contributed by atoms with Crippen LogP contribution in [0.2, 0.25) is 0 Å². The molecular weight excluding hydrogens is 307 g/mol. The Morgan fingerprint density at radius 3 is 2.41 bits per heavy atom. The molecule has 1 unspecified atom stereocenters. The van der Waals surface area contributed by atoms with Gasteiger partial charge in [0.1, 0.15) is 7.60 Å². The monoisotopic (exact) mass is 319 g/mol. The number of rotatable bonds is 5. The van der Waals surface area contributed by atoms with Crippen molar-refractivity contribution in [2.45, 2.75) is 12.8 Å². The van der Waals surface area contributed by atoms with Crippen LogP contribution in [0.4, 0.5) is 0 Å². The maximum atomic E-state index is 11.3. The van der Waals surface area contributed by atoms with E-state index in [0.29, 0.717) is 13.0 Å². The minimum Gasteiger partial charge on any atom is -0.780 e. The smallest absolute Gasteiger partial charge is 0.780 e. The molecule has 1 saturated heterocycles. The molecule has 0 spiro atoms. The summed E-state index contributed by atoms with van der Waals surface area (Å²) in [4.78, 5) is 10.9. The van der Waals surface area contributed by atoms with Gasteiger partial charge in [-0.1, -0.05) is 0 Å². The molecule has 0 radical (unpaired) electrons. The summed E-state index contributed by atoms with van der Waals surface area (Å²) in [7, 11) is -7.07. The number of hydrogen-bond donors (Lipinski definition) is 0. The van der Waals surface area contributed by atoms with Crippen molar-refractivity contribution >= 4 is 30.5 Å². The van der Waals surface area contributed by atoms with Crippen molar-refractivity contribution in [3.63, 3.8) is 0 Å². The largest absolute Gasteiger partial charge is 1.00 e. The second-order valence-corrected chi connectivity index (χ2v) is 7.68. The van der Waals surface area contributed by atoms with Gasteiger partial charge in [-0.15, -0.1) is 0 Å². The Labute approximate surface area is 152 Å². The Morgan fingerprint density at radius 1 is 1.41 bits per heavy atom. The van der Waals surface area contributed by atoms with Crippen LogP contribution in [0, 0.1) is 0 Å². The zero-order valence-corrected chi connectivity index (χ0v) is 16.5. The van der Waals surface area contributed by atoms with Crippen LogP contribution in [0.15, 0.2) is 0 Å². The van der Waals surface area contributed by atoms with E-state index in [4.69, 9.17) is 0 Å². The van der Waals surface area contributed by atoms with Crippen molar-refractivity contribution < 1.29 is 81.0 Å². The van der Waals surface area contributed by atoms with E-state index in [-0.39, 0.29) is 84.0 Å². The van der Waals surface area contributed by atoms with Crippen LogP contribution in [0.25, 0.3) is 0 Å². The average Bonchev–Trinajstić information content (AvgIpc) is 2.46. The van der Waals surface area contributed by atoms with Gasteiger partial charge in [0.25, 0.3) is 0 Å². The van der Waals surface area contributed by atoms with Crippen molar-refractivity contribution in [3.8, 4) is 0 Å². The molecule has 0 N–H and O–H groups in total. The van der Waals surface area contributed by atoms with Crippen molar-refractivity contribution in [2.24, 2.45) is 0 Å². The molecule has 0 aromatic rings. The quantitative estimate of drug-likeness (QED) is 0.285. The topological polar surface area (TPSA) is 86.7 Å². The Balaban J connectivity index is 0. The molecule has 0 aromatic heterocycles. The molecule has 1 atom stereocenters. The van der Waals surface area contributed by atoms with Gasteiger partial charge in [-0.2, -0.15) is 0 Å². The average molecular weight is 319 g/mol. The first-order chi connectivity index (χ1) is 6.87. The van der Waals surface area contributed by atoms with Crippen molar-refractivity contribution in [1.82, 2.24) is 4.31 Å². The summed E-state index contributed by atoms with van der Waals surface area (Å²) in [5, 5.41) is 0. The van der Waals surface area contributed by atoms with Crippen molar-refractivity contribution in [3.05, 3.63) is 0 Å². The first-order valence-corrected chi connectivity index (χ1v) is 8.14. The number of nitrogens with zero attached hydrogens (tertiary/aromatic N) is 1. The molecule has 0 bridgehead atoms. The molecule has 0 aliphatic carbocycles. The predicted octanol–water partition coefficient (Wildman–Crippen LogP) is -6.55. The molecule has 1 rings (SSSR count). The second kappa shape index (κ2) is 9.37. The Hall–Kier alpha value is 2.41. The minimum absolute atomic E-state index is 0. The van der Waals surface area contributed by atoms with Crippen molar-refractivity contribution in [2.75, 3.05) is 25.0 Å². The van der Waals surface area contributed by atoms with E-state index in [0.717, 1.165) is 0 Å². The van der Waals surface area contributed by atoms with Crippen LogP contribution in [0.3, 0.4) is 0 Å². The van der Waals surface area contributed by atoms with E-state index in [1.165, 1.54) is 4.31 Å². The molecule has 1 fully saturated rings. The van der Waals surface area contributed by atoms with Crippen LogP contribution < -0.4 is 64.0 Å². The fraction of sp³-hybridized carbons (Fsp3) is 1.00. The van der Waals surface area contributed by atoms with E-state index in [1.54, 1.807) is 0 Å². The van der Waals surface area contributed by atoms with E-state index >= 15 is 0 Å². The van der Waals surface area contributed by atoms with E-state index in [2.05, 4.69) is 16.9 Å². The summed E-state index contributed by atoms with van der Waals surface area (Å²) < 4.78 is 38.7. The number of hydrogen-bond acceptors (Lipinski definition) is 6. The maximum absolute atomic E-state index is 11.3. The first-order valence-electron chi connectivity index (χ1n) is 4.47. The molecule has 11 heteroatoms. The van der Waals surface area contributed by atoms with Gasteiger partial charge in [0.15, 0.2) is 0 Å². The maximum Gasteiger partial charge on any atom is 1.00 e. The van der Waals surface area contributed by atoms with Gasteiger partial charge < -0.3 is 26.3 Å². The van der Waals surface area contributed by atoms with Gasteiger partial charge in [-0.25, -0.2) is 12.7 Å². The molecule has 6 nitrogen and oxygen atoms in total. The van der Waals surface area contributed by atoms with Crippen LogP contribution in [-0.4, -0.2) is 37.7 Å². The molecule has 1 aliphatic heterocycles. The molecular formula is C6H12NNa2O5PS2. The summed E-state index contributed by atoms with van der Waals surface area (Å²) in [6, 6.07) is 0. The van der Waals surface area contributed by atoms with E-state index < -0.39 is 17.6 Å². The fourth-order valence-corrected chi connectivity index (χ4v) is 3.81.